The lowest BCUT2D eigenvalue weighted by atomic mass is 9.94. The number of carbonyl (C=O) groups excluding carboxylic acids is 1. The van der Waals surface area contributed by atoms with Crippen molar-refractivity contribution >= 4 is 11.5 Å². The average Bonchev–Trinajstić information content (AvgIpc) is 2.46. The number of rotatable bonds is 4. The summed E-state index contributed by atoms with van der Waals surface area (Å²) in [5.41, 5.74) is 14.1. The Morgan fingerprint density at radius 1 is 1.05 bits per heavy atom. The van der Waals surface area contributed by atoms with Gasteiger partial charge in [0.2, 0.25) is 0 Å². The normalized spacial score (nSPS) is 11.8. The first-order chi connectivity index (χ1) is 9.15. The number of hydrogen-bond donors (Lipinski definition) is 2. The molecular formula is C16H16N2O. The standard InChI is InChI=1S/C16H16N2O/c1-2-14(17)11-7-3-4-8-12(11)16(19)13-9-5-6-10-15(13)18/h2-10,14H,1,17-18H2/t14-/m1/s1. The third-order valence-electron chi connectivity index (χ3n) is 3.02. The summed E-state index contributed by atoms with van der Waals surface area (Å²) in [6.07, 6.45) is 1.61. The van der Waals surface area contributed by atoms with Crippen LogP contribution in [0.5, 0.6) is 0 Å². The Labute approximate surface area is 112 Å². The molecular weight excluding hydrogens is 236 g/mol. The number of anilines is 1. The van der Waals surface area contributed by atoms with Crippen LogP contribution in [0.3, 0.4) is 0 Å². The molecule has 0 unspecified atom stereocenters. The summed E-state index contributed by atoms with van der Waals surface area (Å²) in [4.78, 5) is 12.5. The predicted molar refractivity (Wildman–Crippen MR) is 77.9 cm³/mol. The van der Waals surface area contributed by atoms with Crippen LogP contribution in [0.2, 0.25) is 0 Å². The zero-order valence-electron chi connectivity index (χ0n) is 10.5. The number of ketones is 1. The largest absolute Gasteiger partial charge is 0.398 e. The second-order valence-electron chi connectivity index (χ2n) is 4.27. The molecule has 4 N–H and O–H groups in total. The molecule has 0 spiro atoms. The van der Waals surface area contributed by atoms with E-state index >= 15 is 0 Å². The summed E-state index contributed by atoms with van der Waals surface area (Å²) in [6, 6.07) is 13.9. The van der Waals surface area contributed by atoms with Gasteiger partial charge in [0.1, 0.15) is 0 Å². The van der Waals surface area contributed by atoms with Gasteiger partial charge in [-0.2, -0.15) is 0 Å². The van der Waals surface area contributed by atoms with Gasteiger partial charge in [-0.1, -0.05) is 42.5 Å². The minimum atomic E-state index is -0.370. The van der Waals surface area contributed by atoms with Crippen LogP contribution in [-0.2, 0) is 0 Å². The van der Waals surface area contributed by atoms with Gasteiger partial charge < -0.3 is 11.5 Å². The molecule has 0 saturated heterocycles. The smallest absolute Gasteiger partial charge is 0.195 e. The highest BCUT2D eigenvalue weighted by molar-refractivity contribution is 6.12. The van der Waals surface area contributed by atoms with Crippen molar-refractivity contribution in [2.75, 3.05) is 5.73 Å². The molecule has 3 heteroatoms. The van der Waals surface area contributed by atoms with E-state index in [0.717, 1.165) is 5.56 Å². The first kappa shape index (κ1) is 13.1. The number of para-hydroxylation sites is 1. The van der Waals surface area contributed by atoms with Crippen LogP contribution in [0.4, 0.5) is 5.69 Å². The van der Waals surface area contributed by atoms with Gasteiger partial charge in [0.15, 0.2) is 5.78 Å². The molecule has 96 valence electrons. The minimum Gasteiger partial charge on any atom is -0.398 e. The van der Waals surface area contributed by atoms with Crippen molar-refractivity contribution in [3.05, 3.63) is 77.9 Å². The average molecular weight is 252 g/mol. The molecule has 0 aliphatic heterocycles. The number of nitrogen functional groups attached to an aromatic ring is 1. The third kappa shape index (κ3) is 2.56. The number of nitrogens with two attached hydrogens (primary N) is 2. The van der Waals surface area contributed by atoms with Gasteiger partial charge in [0, 0.05) is 22.9 Å². The van der Waals surface area contributed by atoms with Crippen LogP contribution in [0, 0.1) is 0 Å². The quantitative estimate of drug-likeness (QED) is 0.499. The van der Waals surface area contributed by atoms with Crippen LogP contribution in [-0.4, -0.2) is 5.78 Å². The molecule has 0 radical (unpaired) electrons. The molecule has 2 rings (SSSR count). The zero-order valence-corrected chi connectivity index (χ0v) is 10.5. The van der Waals surface area contributed by atoms with E-state index in [1.54, 1.807) is 36.4 Å². The zero-order chi connectivity index (χ0) is 13.8. The van der Waals surface area contributed by atoms with E-state index in [4.69, 9.17) is 11.5 Å². The minimum absolute atomic E-state index is 0.119. The van der Waals surface area contributed by atoms with E-state index in [9.17, 15) is 4.79 Å². The van der Waals surface area contributed by atoms with E-state index < -0.39 is 0 Å². The SMILES string of the molecule is C=C[C@@H](N)c1ccccc1C(=O)c1ccccc1N. The van der Waals surface area contributed by atoms with Crippen molar-refractivity contribution < 1.29 is 4.79 Å². The van der Waals surface area contributed by atoms with Gasteiger partial charge in [-0.25, -0.2) is 0 Å². The summed E-state index contributed by atoms with van der Waals surface area (Å²) in [7, 11) is 0. The second kappa shape index (κ2) is 5.50. The first-order valence-electron chi connectivity index (χ1n) is 6.01. The number of benzene rings is 2. The fourth-order valence-electron chi connectivity index (χ4n) is 1.97. The van der Waals surface area contributed by atoms with Gasteiger partial charge in [0.25, 0.3) is 0 Å². The molecule has 19 heavy (non-hydrogen) atoms. The summed E-state index contributed by atoms with van der Waals surface area (Å²) in [5, 5.41) is 0. The Bertz CT molecular complexity index is 620. The molecule has 2 aromatic carbocycles. The summed E-state index contributed by atoms with van der Waals surface area (Å²) >= 11 is 0. The van der Waals surface area contributed by atoms with Crippen molar-refractivity contribution in [1.82, 2.24) is 0 Å². The highest BCUT2D eigenvalue weighted by Crippen LogP contribution is 2.22. The van der Waals surface area contributed by atoms with Crippen molar-refractivity contribution in [1.29, 1.82) is 0 Å². The topological polar surface area (TPSA) is 69.1 Å². The van der Waals surface area contributed by atoms with Gasteiger partial charge in [-0.15, -0.1) is 6.58 Å². The van der Waals surface area contributed by atoms with Crippen LogP contribution in [0.15, 0.2) is 61.2 Å². The maximum atomic E-state index is 12.5. The molecule has 2 aromatic rings. The van der Waals surface area contributed by atoms with Crippen molar-refractivity contribution in [2.45, 2.75) is 6.04 Å². The summed E-state index contributed by atoms with van der Waals surface area (Å²) < 4.78 is 0. The third-order valence-corrected chi connectivity index (χ3v) is 3.02. The molecule has 3 nitrogen and oxygen atoms in total. The lowest BCUT2D eigenvalue weighted by Crippen LogP contribution is -2.14. The number of carbonyl (C=O) groups is 1. The molecule has 0 heterocycles. The number of hydrogen-bond acceptors (Lipinski definition) is 3. The lowest BCUT2D eigenvalue weighted by Gasteiger charge is -2.13. The van der Waals surface area contributed by atoms with Crippen molar-refractivity contribution in [3.8, 4) is 0 Å². The van der Waals surface area contributed by atoms with E-state index in [-0.39, 0.29) is 11.8 Å². The van der Waals surface area contributed by atoms with Gasteiger partial charge in [-0.05, 0) is 17.7 Å². The Kier molecular flexibility index (Phi) is 3.78. The predicted octanol–water partition coefficient (Wildman–Crippen LogP) is 2.69. The Morgan fingerprint density at radius 3 is 2.26 bits per heavy atom. The molecule has 0 aliphatic rings. The Morgan fingerprint density at radius 2 is 1.63 bits per heavy atom. The van der Waals surface area contributed by atoms with Crippen LogP contribution in [0.25, 0.3) is 0 Å². The molecule has 0 aliphatic carbocycles. The van der Waals surface area contributed by atoms with Crippen molar-refractivity contribution in [3.63, 3.8) is 0 Å². The monoisotopic (exact) mass is 252 g/mol. The molecule has 0 bridgehead atoms. The first-order valence-corrected chi connectivity index (χ1v) is 6.01. The summed E-state index contributed by atoms with van der Waals surface area (Å²) in [5.74, 6) is -0.119. The van der Waals surface area contributed by atoms with Crippen molar-refractivity contribution in [2.24, 2.45) is 5.73 Å². The van der Waals surface area contributed by atoms with Gasteiger partial charge >= 0.3 is 0 Å². The van der Waals surface area contributed by atoms with Gasteiger partial charge in [0.05, 0.1) is 0 Å². The maximum Gasteiger partial charge on any atom is 0.195 e. The molecule has 0 amide bonds. The van der Waals surface area contributed by atoms with E-state index in [1.807, 2.05) is 18.2 Å². The molecule has 0 fully saturated rings. The van der Waals surface area contributed by atoms with E-state index in [0.29, 0.717) is 16.8 Å². The fourth-order valence-corrected chi connectivity index (χ4v) is 1.97. The maximum absolute atomic E-state index is 12.5. The second-order valence-corrected chi connectivity index (χ2v) is 4.27. The Hall–Kier alpha value is -2.39. The highest BCUT2D eigenvalue weighted by atomic mass is 16.1. The Balaban J connectivity index is 2.51. The van der Waals surface area contributed by atoms with E-state index in [2.05, 4.69) is 6.58 Å². The van der Waals surface area contributed by atoms with Gasteiger partial charge in [-0.3, -0.25) is 4.79 Å². The lowest BCUT2D eigenvalue weighted by molar-refractivity contribution is 0.103. The van der Waals surface area contributed by atoms with Crippen LogP contribution < -0.4 is 11.5 Å². The molecule has 1 atom stereocenters. The summed E-state index contributed by atoms with van der Waals surface area (Å²) in [6.45, 7) is 3.67. The van der Waals surface area contributed by atoms with Crippen LogP contribution in [0.1, 0.15) is 27.5 Å². The molecule has 0 aromatic heterocycles. The fraction of sp³-hybridized carbons (Fsp3) is 0.0625. The highest BCUT2D eigenvalue weighted by Gasteiger charge is 2.17. The van der Waals surface area contributed by atoms with Crippen LogP contribution >= 0.6 is 0 Å². The van der Waals surface area contributed by atoms with E-state index in [1.165, 1.54) is 0 Å². The molecule has 0 saturated carbocycles.